The molecule has 0 fully saturated rings. The third kappa shape index (κ3) is 3.67. The number of nitrogens with one attached hydrogen (secondary N) is 1. The molecule has 2 aromatic rings. The molecule has 18 heavy (non-hydrogen) atoms. The number of hydrogen-bond donors (Lipinski definition) is 2. The predicted octanol–water partition coefficient (Wildman–Crippen LogP) is 3.27. The van der Waals surface area contributed by atoms with E-state index in [1.807, 2.05) is 42.5 Å². The zero-order valence-electron chi connectivity index (χ0n) is 10.0. The van der Waals surface area contributed by atoms with Crippen molar-refractivity contribution in [2.45, 2.75) is 12.6 Å². The van der Waals surface area contributed by atoms with Gasteiger partial charge in [0.1, 0.15) is 0 Å². The summed E-state index contributed by atoms with van der Waals surface area (Å²) in [4.78, 5) is 0. The number of hydrogen-bond acceptors (Lipinski definition) is 2. The van der Waals surface area contributed by atoms with Gasteiger partial charge in [0.25, 0.3) is 0 Å². The Balaban J connectivity index is 1.99. The summed E-state index contributed by atoms with van der Waals surface area (Å²) in [5.74, 6) is 0. The molecule has 1 atom stereocenters. The second kappa shape index (κ2) is 6.69. The molecule has 2 nitrogen and oxygen atoms in total. The van der Waals surface area contributed by atoms with Crippen LogP contribution >= 0.6 is 15.9 Å². The molecule has 0 aliphatic rings. The van der Waals surface area contributed by atoms with Crippen molar-refractivity contribution in [1.29, 1.82) is 0 Å². The van der Waals surface area contributed by atoms with E-state index in [4.69, 9.17) is 0 Å². The van der Waals surface area contributed by atoms with Crippen LogP contribution in [0, 0.1) is 0 Å². The molecule has 0 heterocycles. The van der Waals surface area contributed by atoms with Gasteiger partial charge >= 0.3 is 0 Å². The van der Waals surface area contributed by atoms with Gasteiger partial charge in [0, 0.05) is 11.0 Å². The Kier molecular flexibility index (Phi) is 4.93. The molecule has 0 aliphatic heterocycles. The predicted molar refractivity (Wildman–Crippen MR) is 77.3 cm³/mol. The number of rotatable bonds is 5. The fourth-order valence-electron chi connectivity index (χ4n) is 1.82. The highest BCUT2D eigenvalue weighted by Gasteiger charge is 2.09. The lowest BCUT2D eigenvalue weighted by Gasteiger charge is -2.17. The summed E-state index contributed by atoms with van der Waals surface area (Å²) in [6.07, 6.45) is 0. The van der Waals surface area contributed by atoms with Crippen LogP contribution in [0.1, 0.15) is 17.2 Å². The van der Waals surface area contributed by atoms with Gasteiger partial charge in [-0.3, -0.25) is 0 Å². The van der Waals surface area contributed by atoms with E-state index in [0.717, 1.165) is 16.6 Å². The molecule has 2 aromatic carbocycles. The third-order valence-electron chi connectivity index (χ3n) is 2.85. The molecular weight excluding hydrogens is 290 g/mol. The smallest absolute Gasteiger partial charge is 0.0626 e. The molecule has 3 heteroatoms. The topological polar surface area (TPSA) is 32.3 Å². The van der Waals surface area contributed by atoms with Gasteiger partial charge in [-0.15, -0.1) is 0 Å². The second-order valence-corrected chi connectivity index (χ2v) is 5.07. The normalized spacial score (nSPS) is 12.3. The Morgan fingerprint density at radius 3 is 2.28 bits per heavy atom. The highest BCUT2D eigenvalue weighted by molar-refractivity contribution is 9.10. The molecule has 0 bridgehead atoms. The summed E-state index contributed by atoms with van der Waals surface area (Å²) in [7, 11) is 0. The number of benzene rings is 2. The maximum Gasteiger partial charge on any atom is 0.0626 e. The average Bonchev–Trinajstić information content (AvgIpc) is 2.42. The minimum absolute atomic E-state index is 0.0293. The van der Waals surface area contributed by atoms with Crippen molar-refractivity contribution in [2.75, 3.05) is 6.61 Å². The highest BCUT2D eigenvalue weighted by Crippen LogP contribution is 2.17. The molecular formula is C15H16BrNO. The number of halogens is 1. The number of aliphatic hydroxyl groups excluding tert-OH is 1. The van der Waals surface area contributed by atoms with E-state index in [-0.39, 0.29) is 12.6 Å². The van der Waals surface area contributed by atoms with Gasteiger partial charge in [0.05, 0.1) is 12.6 Å². The van der Waals surface area contributed by atoms with Gasteiger partial charge in [-0.05, 0) is 23.3 Å². The largest absolute Gasteiger partial charge is 0.394 e. The molecule has 0 amide bonds. The van der Waals surface area contributed by atoms with Crippen LogP contribution in [0.5, 0.6) is 0 Å². The van der Waals surface area contributed by atoms with Crippen LogP contribution in [0.25, 0.3) is 0 Å². The van der Waals surface area contributed by atoms with Gasteiger partial charge in [0.15, 0.2) is 0 Å². The Labute approximate surface area is 116 Å². The lowest BCUT2D eigenvalue weighted by atomic mass is 10.1. The molecule has 0 aliphatic carbocycles. The standard InChI is InChI=1S/C15H16BrNO/c16-14-8-6-13(7-9-14)15(11-18)17-10-12-4-2-1-3-5-12/h1-9,15,17-18H,10-11H2. The van der Waals surface area contributed by atoms with E-state index in [0.29, 0.717) is 0 Å². The summed E-state index contributed by atoms with van der Waals surface area (Å²) >= 11 is 3.41. The zero-order chi connectivity index (χ0) is 12.8. The molecule has 0 spiro atoms. The maximum absolute atomic E-state index is 9.45. The van der Waals surface area contributed by atoms with Crippen molar-refractivity contribution in [1.82, 2.24) is 5.32 Å². The van der Waals surface area contributed by atoms with E-state index >= 15 is 0 Å². The van der Waals surface area contributed by atoms with Gasteiger partial charge in [-0.1, -0.05) is 58.4 Å². The van der Waals surface area contributed by atoms with E-state index in [9.17, 15) is 5.11 Å². The first-order valence-electron chi connectivity index (χ1n) is 5.93. The lowest BCUT2D eigenvalue weighted by Crippen LogP contribution is -2.23. The van der Waals surface area contributed by atoms with E-state index in [1.54, 1.807) is 0 Å². The fourth-order valence-corrected chi connectivity index (χ4v) is 2.08. The van der Waals surface area contributed by atoms with Crippen molar-refractivity contribution in [2.24, 2.45) is 0 Å². The summed E-state index contributed by atoms with van der Waals surface area (Å²) in [6, 6.07) is 18.2. The van der Waals surface area contributed by atoms with Gasteiger partial charge in [-0.25, -0.2) is 0 Å². The summed E-state index contributed by atoms with van der Waals surface area (Å²) in [5, 5.41) is 12.8. The van der Waals surface area contributed by atoms with E-state index < -0.39 is 0 Å². The fraction of sp³-hybridized carbons (Fsp3) is 0.200. The summed E-state index contributed by atoms with van der Waals surface area (Å²) < 4.78 is 1.05. The van der Waals surface area contributed by atoms with Crippen molar-refractivity contribution in [3.8, 4) is 0 Å². The van der Waals surface area contributed by atoms with Crippen LogP contribution in [0.4, 0.5) is 0 Å². The molecule has 2 N–H and O–H groups in total. The van der Waals surface area contributed by atoms with E-state index in [1.165, 1.54) is 5.56 Å². The monoisotopic (exact) mass is 305 g/mol. The van der Waals surface area contributed by atoms with Gasteiger partial charge < -0.3 is 10.4 Å². The first-order valence-corrected chi connectivity index (χ1v) is 6.72. The SMILES string of the molecule is OCC(NCc1ccccc1)c1ccc(Br)cc1. The van der Waals surface area contributed by atoms with E-state index in [2.05, 4.69) is 33.4 Å². The molecule has 0 radical (unpaired) electrons. The van der Waals surface area contributed by atoms with Crippen molar-refractivity contribution in [3.63, 3.8) is 0 Å². The minimum atomic E-state index is -0.0293. The van der Waals surface area contributed by atoms with Crippen molar-refractivity contribution in [3.05, 3.63) is 70.2 Å². The Bertz CT molecular complexity index is 470. The zero-order valence-corrected chi connectivity index (χ0v) is 11.6. The van der Waals surface area contributed by atoms with Crippen LogP contribution in [0.3, 0.4) is 0 Å². The molecule has 2 rings (SSSR count). The third-order valence-corrected chi connectivity index (χ3v) is 3.38. The molecule has 0 saturated carbocycles. The van der Waals surface area contributed by atoms with Crippen LogP contribution in [0.2, 0.25) is 0 Å². The van der Waals surface area contributed by atoms with Crippen molar-refractivity contribution >= 4 is 15.9 Å². The maximum atomic E-state index is 9.45. The van der Waals surface area contributed by atoms with Gasteiger partial charge in [-0.2, -0.15) is 0 Å². The first kappa shape index (κ1) is 13.3. The molecule has 1 unspecified atom stereocenters. The van der Waals surface area contributed by atoms with Crippen LogP contribution in [-0.4, -0.2) is 11.7 Å². The first-order chi connectivity index (χ1) is 8.79. The summed E-state index contributed by atoms with van der Waals surface area (Å²) in [6.45, 7) is 0.844. The Morgan fingerprint density at radius 1 is 1.00 bits per heavy atom. The molecule has 94 valence electrons. The quantitative estimate of drug-likeness (QED) is 0.888. The molecule has 0 aromatic heterocycles. The Morgan fingerprint density at radius 2 is 1.67 bits per heavy atom. The van der Waals surface area contributed by atoms with Gasteiger partial charge in [0.2, 0.25) is 0 Å². The molecule has 0 saturated heterocycles. The van der Waals surface area contributed by atoms with Crippen LogP contribution in [0.15, 0.2) is 59.1 Å². The lowest BCUT2D eigenvalue weighted by molar-refractivity contribution is 0.243. The highest BCUT2D eigenvalue weighted by atomic mass is 79.9. The Hall–Kier alpha value is -1.16. The summed E-state index contributed by atoms with van der Waals surface area (Å²) in [5.41, 5.74) is 2.31. The second-order valence-electron chi connectivity index (χ2n) is 4.15. The van der Waals surface area contributed by atoms with Crippen LogP contribution in [-0.2, 0) is 6.54 Å². The number of aliphatic hydroxyl groups is 1. The van der Waals surface area contributed by atoms with Crippen LogP contribution < -0.4 is 5.32 Å². The minimum Gasteiger partial charge on any atom is -0.394 e. The van der Waals surface area contributed by atoms with Crippen molar-refractivity contribution < 1.29 is 5.11 Å². The average molecular weight is 306 g/mol.